The second-order valence-electron chi connectivity index (χ2n) is 9.03. The Kier molecular flexibility index (Phi) is 14.9. The summed E-state index contributed by atoms with van der Waals surface area (Å²) in [6, 6.07) is 2.94. The molecule has 226 valence electrons. The summed E-state index contributed by atoms with van der Waals surface area (Å²) in [7, 11) is 0. The molecule has 15 heteroatoms. The van der Waals surface area contributed by atoms with Gasteiger partial charge < -0.3 is 41.1 Å². The number of unbranched alkanes of at least 4 members (excludes halogenated alkanes) is 2. The zero-order valence-electron chi connectivity index (χ0n) is 22.5. The third kappa shape index (κ3) is 13.8. The zero-order chi connectivity index (χ0) is 30.9. The van der Waals surface area contributed by atoms with Gasteiger partial charge in [0.15, 0.2) is 0 Å². The van der Waals surface area contributed by atoms with Gasteiger partial charge in [-0.25, -0.2) is 9.59 Å². The first-order chi connectivity index (χ1) is 19.3. The first-order valence-corrected chi connectivity index (χ1v) is 12.9. The van der Waals surface area contributed by atoms with Gasteiger partial charge >= 0.3 is 23.9 Å². The number of carbonyl (C=O) groups excluding carboxylic acids is 3. The molecule has 0 aliphatic heterocycles. The highest BCUT2D eigenvalue weighted by Crippen LogP contribution is 2.16. The van der Waals surface area contributed by atoms with Gasteiger partial charge in [0.25, 0.3) is 6.10 Å². The van der Waals surface area contributed by atoms with E-state index in [1.165, 1.54) is 24.3 Å². The third-order valence-electron chi connectivity index (χ3n) is 5.64. The molecule has 15 nitrogen and oxygen atoms in total. The summed E-state index contributed by atoms with van der Waals surface area (Å²) in [5, 5.41) is 43.3. The predicted octanol–water partition coefficient (Wildman–Crippen LogP) is 0.151. The minimum atomic E-state index is -2.13. The van der Waals surface area contributed by atoms with E-state index in [1.807, 2.05) is 6.92 Å². The molecule has 0 spiro atoms. The van der Waals surface area contributed by atoms with Crippen LogP contribution in [0.25, 0.3) is 0 Å². The van der Waals surface area contributed by atoms with Gasteiger partial charge in [-0.3, -0.25) is 24.0 Å². The van der Waals surface area contributed by atoms with E-state index in [0.29, 0.717) is 18.5 Å². The molecule has 0 heterocycles. The lowest BCUT2D eigenvalue weighted by atomic mass is 10.0. The van der Waals surface area contributed by atoms with Crippen molar-refractivity contribution in [2.75, 3.05) is 6.54 Å². The molecule has 0 saturated carbocycles. The number of hydrogen-bond donors (Lipinski definition) is 7. The molecule has 0 fully saturated rings. The van der Waals surface area contributed by atoms with Crippen LogP contribution in [-0.2, 0) is 40.0 Å². The lowest BCUT2D eigenvalue weighted by Crippen LogP contribution is -2.54. The zero-order valence-corrected chi connectivity index (χ0v) is 22.5. The molecular formula is C26H35N3O12. The smallest absolute Gasteiger partial charge is 0.356 e. The molecule has 0 radical (unpaired) electrons. The fourth-order valence-electron chi connectivity index (χ4n) is 3.50. The van der Waals surface area contributed by atoms with Gasteiger partial charge in [0.05, 0.1) is 6.42 Å². The van der Waals surface area contributed by atoms with Crippen LogP contribution in [0.4, 0.5) is 0 Å². The maximum absolute atomic E-state index is 13.1. The predicted molar refractivity (Wildman–Crippen MR) is 140 cm³/mol. The van der Waals surface area contributed by atoms with E-state index in [0.717, 1.165) is 12.8 Å². The molecule has 0 aliphatic rings. The molecule has 7 N–H and O–H groups in total. The summed E-state index contributed by atoms with van der Waals surface area (Å²) in [5.41, 5.74) is 0.473. The van der Waals surface area contributed by atoms with Crippen LogP contribution in [0.3, 0.4) is 0 Å². The van der Waals surface area contributed by atoms with Crippen LogP contribution >= 0.6 is 0 Å². The van der Waals surface area contributed by atoms with Crippen LogP contribution in [0.1, 0.15) is 57.4 Å². The van der Waals surface area contributed by atoms with Crippen LogP contribution in [0.2, 0.25) is 0 Å². The molecule has 2 atom stereocenters. The SMILES string of the molecule is CCCCCNC(=O)C(Cc1ccc(OC(C(=O)O)C(=O)O)cc1)NC(=O)[C@H](CCC(=O)O)NC(=O)CCC(=O)O. The average Bonchev–Trinajstić information content (AvgIpc) is 2.90. The van der Waals surface area contributed by atoms with Crippen LogP contribution in [0.15, 0.2) is 24.3 Å². The molecule has 1 aromatic rings. The minimum Gasteiger partial charge on any atom is -0.481 e. The van der Waals surface area contributed by atoms with Crippen molar-refractivity contribution in [2.24, 2.45) is 0 Å². The van der Waals surface area contributed by atoms with Crippen molar-refractivity contribution in [3.8, 4) is 5.75 Å². The fourth-order valence-corrected chi connectivity index (χ4v) is 3.50. The highest BCUT2D eigenvalue weighted by Gasteiger charge is 2.29. The molecule has 3 amide bonds. The van der Waals surface area contributed by atoms with Gasteiger partial charge in [-0.1, -0.05) is 31.9 Å². The molecule has 1 aromatic carbocycles. The Morgan fingerprint density at radius 1 is 0.756 bits per heavy atom. The number of carboxylic acids is 4. The van der Waals surface area contributed by atoms with E-state index >= 15 is 0 Å². The maximum atomic E-state index is 13.1. The monoisotopic (exact) mass is 581 g/mol. The van der Waals surface area contributed by atoms with E-state index < -0.39 is 79.0 Å². The normalized spacial score (nSPS) is 12.0. The lowest BCUT2D eigenvalue weighted by molar-refractivity contribution is -0.159. The van der Waals surface area contributed by atoms with Gasteiger partial charge in [0, 0.05) is 25.8 Å². The number of amides is 3. The molecule has 41 heavy (non-hydrogen) atoms. The number of carboxylic acid groups (broad SMARTS) is 4. The quantitative estimate of drug-likeness (QED) is 0.0803. The summed E-state index contributed by atoms with van der Waals surface area (Å²) in [5.74, 6) is -8.11. The van der Waals surface area contributed by atoms with Gasteiger partial charge in [0.2, 0.25) is 17.7 Å². The van der Waals surface area contributed by atoms with Crippen LogP contribution in [-0.4, -0.2) is 86.8 Å². The van der Waals surface area contributed by atoms with Crippen molar-refractivity contribution >= 4 is 41.6 Å². The minimum absolute atomic E-state index is 0.0639. The van der Waals surface area contributed by atoms with E-state index in [9.17, 15) is 33.6 Å². The van der Waals surface area contributed by atoms with E-state index in [-0.39, 0.29) is 18.6 Å². The molecule has 0 bridgehead atoms. The molecule has 1 rings (SSSR count). The Balaban J connectivity index is 3.09. The maximum Gasteiger partial charge on any atom is 0.356 e. The van der Waals surface area contributed by atoms with Crippen molar-refractivity contribution < 1.29 is 58.7 Å². The van der Waals surface area contributed by atoms with Crippen molar-refractivity contribution in [3.63, 3.8) is 0 Å². The Morgan fingerprint density at radius 2 is 1.37 bits per heavy atom. The van der Waals surface area contributed by atoms with Crippen molar-refractivity contribution in [3.05, 3.63) is 29.8 Å². The highest BCUT2D eigenvalue weighted by atomic mass is 16.5. The summed E-state index contributed by atoms with van der Waals surface area (Å²) in [6.45, 7) is 2.31. The van der Waals surface area contributed by atoms with Crippen LogP contribution in [0, 0.1) is 0 Å². The molecule has 1 unspecified atom stereocenters. The summed E-state index contributed by atoms with van der Waals surface area (Å²) in [6.07, 6.45) is -1.50. The number of ether oxygens (including phenoxy) is 1. The van der Waals surface area contributed by atoms with E-state index in [4.69, 9.17) is 25.2 Å². The molecule has 0 saturated heterocycles. The Labute approximate surface area is 235 Å². The van der Waals surface area contributed by atoms with Crippen LogP contribution in [0.5, 0.6) is 5.75 Å². The number of carbonyl (C=O) groups is 7. The average molecular weight is 582 g/mol. The van der Waals surface area contributed by atoms with Gasteiger partial charge in [0.1, 0.15) is 17.8 Å². The highest BCUT2D eigenvalue weighted by molar-refractivity contribution is 5.96. The van der Waals surface area contributed by atoms with Crippen molar-refractivity contribution in [2.45, 2.75) is 76.5 Å². The number of nitrogens with one attached hydrogen (secondary N) is 3. The standard InChI is InChI=1S/C26H35N3O12/c1-2-3-4-13-27-23(35)18(14-15-5-7-16(8-6-15)41-22(25(37)38)26(39)40)29-24(36)17(9-11-20(31)32)28-19(30)10-12-21(33)34/h5-8,17-18,22H,2-4,9-14H2,1H3,(H,27,35)(H,28,30)(H,29,36)(H,31,32)(H,33,34)(H,37,38)(H,39,40)/t17-,18?/m0/s1. The van der Waals surface area contributed by atoms with Gasteiger partial charge in [-0.15, -0.1) is 0 Å². The lowest BCUT2D eigenvalue weighted by Gasteiger charge is -2.23. The first-order valence-electron chi connectivity index (χ1n) is 12.9. The van der Waals surface area contributed by atoms with Crippen molar-refractivity contribution in [1.29, 1.82) is 0 Å². The topological polar surface area (TPSA) is 246 Å². The Hall–Kier alpha value is -4.69. The third-order valence-corrected chi connectivity index (χ3v) is 5.64. The number of aliphatic carboxylic acids is 4. The summed E-state index contributed by atoms with van der Waals surface area (Å²) < 4.78 is 4.96. The van der Waals surface area contributed by atoms with Crippen molar-refractivity contribution in [1.82, 2.24) is 16.0 Å². The Morgan fingerprint density at radius 3 is 1.90 bits per heavy atom. The van der Waals surface area contributed by atoms with E-state index in [2.05, 4.69) is 16.0 Å². The molecular weight excluding hydrogens is 546 g/mol. The second kappa shape index (κ2) is 17.8. The van der Waals surface area contributed by atoms with Gasteiger partial charge in [-0.05, 0) is 30.5 Å². The number of benzene rings is 1. The number of hydrogen-bond acceptors (Lipinski definition) is 8. The largest absolute Gasteiger partial charge is 0.481 e. The second-order valence-corrected chi connectivity index (χ2v) is 9.03. The molecule has 0 aromatic heterocycles. The Bertz CT molecular complexity index is 1080. The fraction of sp³-hybridized carbons (Fsp3) is 0.500. The van der Waals surface area contributed by atoms with Gasteiger partial charge in [-0.2, -0.15) is 0 Å². The molecule has 0 aliphatic carbocycles. The van der Waals surface area contributed by atoms with E-state index in [1.54, 1.807) is 0 Å². The first kappa shape index (κ1) is 34.3. The van der Waals surface area contributed by atoms with Crippen LogP contribution < -0.4 is 20.7 Å². The summed E-state index contributed by atoms with van der Waals surface area (Å²) in [4.78, 5) is 82.1. The summed E-state index contributed by atoms with van der Waals surface area (Å²) >= 11 is 0. The number of rotatable bonds is 20.